The van der Waals surface area contributed by atoms with Crippen LogP contribution in [0.2, 0.25) is 0 Å². The van der Waals surface area contributed by atoms with Crippen molar-refractivity contribution in [2.45, 2.75) is 20.3 Å². The number of aromatic amines is 2. The second kappa shape index (κ2) is 9.55. The third kappa shape index (κ3) is 4.41. The zero-order chi connectivity index (χ0) is 26.2. The lowest BCUT2D eigenvalue weighted by Gasteiger charge is -2.12. The van der Waals surface area contributed by atoms with E-state index >= 15 is 0 Å². The molecule has 5 aromatic heterocycles. The highest BCUT2D eigenvalue weighted by atomic mass is 19.1. The number of rotatable bonds is 7. The van der Waals surface area contributed by atoms with E-state index in [4.69, 9.17) is 4.98 Å². The lowest BCUT2D eigenvalue weighted by molar-refractivity contribution is 0.631. The highest BCUT2D eigenvalue weighted by molar-refractivity contribution is 5.99. The van der Waals surface area contributed by atoms with Crippen LogP contribution in [0.4, 0.5) is 10.1 Å². The first-order valence-corrected chi connectivity index (χ1v) is 12.4. The first-order chi connectivity index (χ1) is 18.5. The number of hydrogen-bond acceptors (Lipinski definition) is 5. The van der Waals surface area contributed by atoms with Gasteiger partial charge in [0, 0.05) is 34.6 Å². The van der Waals surface area contributed by atoms with Crippen molar-refractivity contribution in [3.8, 4) is 33.8 Å². The van der Waals surface area contributed by atoms with Crippen LogP contribution in [0.15, 0.2) is 85.5 Å². The van der Waals surface area contributed by atoms with E-state index in [0.29, 0.717) is 28.3 Å². The molecule has 0 fully saturated rings. The van der Waals surface area contributed by atoms with Crippen molar-refractivity contribution in [3.05, 3.63) is 91.3 Å². The van der Waals surface area contributed by atoms with Gasteiger partial charge in [0.1, 0.15) is 22.7 Å². The minimum atomic E-state index is -0.280. The second-order valence-electron chi connectivity index (χ2n) is 9.74. The van der Waals surface area contributed by atoms with E-state index in [1.165, 1.54) is 6.07 Å². The number of benzene rings is 1. The molecule has 1 aromatic carbocycles. The standard InChI is InChI=1S/C30H26FN7/c1-17(2)12-18(3)34-20-13-19(15-32-16-20)25-8-9-26-28(35-25)29(38-37-26)27-14-23-21(10-11-33-30(23)36-27)22-6-4-5-7-24(22)31/h4-11,13-17,34H,3,12H2,1-2H3,(H,33,36)(H,37,38). The van der Waals surface area contributed by atoms with Gasteiger partial charge in [0.25, 0.3) is 0 Å². The quantitative estimate of drug-likeness (QED) is 0.212. The maximum Gasteiger partial charge on any atom is 0.138 e. The lowest BCUT2D eigenvalue weighted by atomic mass is 10.0. The van der Waals surface area contributed by atoms with E-state index in [1.54, 1.807) is 30.7 Å². The van der Waals surface area contributed by atoms with E-state index in [1.807, 2.05) is 36.4 Å². The Kier molecular flexibility index (Phi) is 5.92. The number of pyridine rings is 3. The summed E-state index contributed by atoms with van der Waals surface area (Å²) in [7, 11) is 0. The molecule has 0 aliphatic rings. The molecule has 7 nitrogen and oxygen atoms in total. The lowest BCUT2D eigenvalue weighted by Crippen LogP contribution is -2.02. The van der Waals surface area contributed by atoms with Gasteiger partial charge in [-0.05, 0) is 54.3 Å². The highest BCUT2D eigenvalue weighted by Gasteiger charge is 2.17. The minimum Gasteiger partial charge on any atom is -0.358 e. The number of allylic oxidation sites excluding steroid dienone is 1. The summed E-state index contributed by atoms with van der Waals surface area (Å²) in [5.74, 6) is 0.231. The van der Waals surface area contributed by atoms with Crippen molar-refractivity contribution < 1.29 is 4.39 Å². The van der Waals surface area contributed by atoms with Crippen LogP contribution in [0.5, 0.6) is 0 Å². The maximum atomic E-state index is 14.6. The second-order valence-corrected chi connectivity index (χ2v) is 9.74. The monoisotopic (exact) mass is 503 g/mol. The Balaban J connectivity index is 1.39. The topological polar surface area (TPSA) is 95.2 Å². The average molecular weight is 504 g/mol. The van der Waals surface area contributed by atoms with Crippen LogP contribution in [0, 0.1) is 11.7 Å². The summed E-state index contributed by atoms with van der Waals surface area (Å²) in [6, 6.07) is 16.4. The predicted octanol–water partition coefficient (Wildman–Crippen LogP) is 7.34. The number of H-pyrrole nitrogens is 2. The van der Waals surface area contributed by atoms with Crippen molar-refractivity contribution in [1.82, 2.24) is 30.1 Å². The molecular weight excluding hydrogens is 477 g/mol. The Morgan fingerprint density at radius 2 is 1.92 bits per heavy atom. The van der Waals surface area contributed by atoms with Crippen molar-refractivity contribution in [3.63, 3.8) is 0 Å². The minimum absolute atomic E-state index is 0.280. The van der Waals surface area contributed by atoms with Crippen LogP contribution in [0.1, 0.15) is 20.3 Å². The van der Waals surface area contributed by atoms with Gasteiger partial charge in [-0.2, -0.15) is 5.10 Å². The summed E-state index contributed by atoms with van der Waals surface area (Å²) in [6.45, 7) is 8.44. The number of anilines is 1. The van der Waals surface area contributed by atoms with Gasteiger partial charge in [0.2, 0.25) is 0 Å². The number of nitrogens with one attached hydrogen (secondary N) is 3. The molecule has 5 heterocycles. The largest absolute Gasteiger partial charge is 0.358 e. The summed E-state index contributed by atoms with van der Waals surface area (Å²) < 4.78 is 14.6. The summed E-state index contributed by atoms with van der Waals surface area (Å²) in [5, 5.41) is 11.8. The highest BCUT2D eigenvalue weighted by Crippen LogP contribution is 2.34. The first-order valence-electron chi connectivity index (χ1n) is 12.4. The summed E-state index contributed by atoms with van der Waals surface area (Å²) in [6.07, 6.45) is 6.12. The Morgan fingerprint density at radius 1 is 1.05 bits per heavy atom. The van der Waals surface area contributed by atoms with Crippen molar-refractivity contribution >= 4 is 27.8 Å². The Morgan fingerprint density at radius 3 is 2.76 bits per heavy atom. The number of fused-ring (bicyclic) bond motifs is 2. The van der Waals surface area contributed by atoms with Gasteiger partial charge in [0.05, 0.1) is 28.8 Å². The fourth-order valence-corrected chi connectivity index (χ4v) is 4.71. The van der Waals surface area contributed by atoms with Crippen molar-refractivity contribution in [1.29, 1.82) is 0 Å². The molecule has 0 aliphatic heterocycles. The smallest absolute Gasteiger partial charge is 0.138 e. The van der Waals surface area contributed by atoms with Gasteiger partial charge in [0.15, 0.2) is 0 Å². The third-order valence-corrected chi connectivity index (χ3v) is 6.37. The normalized spacial score (nSPS) is 11.5. The van der Waals surface area contributed by atoms with Gasteiger partial charge >= 0.3 is 0 Å². The summed E-state index contributed by atoms with van der Waals surface area (Å²) in [4.78, 5) is 17.1. The van der Waals surface area contributed by atoms with Gasteiger partial charge in [-0.3, -0.25) is 10.1 Å². The predicted molar refractivity (Wildman–Crippen MR) is 150 cm³/mol. The first kappa shape index (κ1) is 23.5. The van der Waals surface area contributed by atoms with Crippen LogP contribution in [-0.2, 0) is 0 Å². The number of hydrogen-bond donors (Lipinski definition) is 3. The van der Waals surface area contributed by atoms with Crippen LogP contribution >= 0.6 is 0 Å². The zero-order valence-electron chi connectivity index (χ0n) is 21.1. The van der Waals surface area contributed by atoms with E-state index in [-0.39, 0.29) is 5.82 Å². The number of halogens is 1. The molecule has 8 heteroatoms. The summed E-state index contributed by atoms with van der Waals surface area (Å²) in [5.41, 5.74) is 8.31. The molecule has 0 saturated heterocycles. The molecule has 0 atom stereocenters. The maximum absolute atomic E-state index is 14.6. The molecule has 188 valence electrons. The fraction of sp³-hybridized carbons (Fsp3) is 0.133. The molecule has 0 saturated carbocycles. The molecule has 0 radical (unpaired) electrons. The molecule has 0 spiro atoms. The van der Waals surface area contributed by atoms with E-state index in [2.05, 4.69) is 50.9 Å². The molecule has 0 amide bonds. The van der Waals surface area contributed by atoms with Crippen LogP contribution in [-0.4, -0.2) is 30.1 Å². The molecule has 6 aromatic rings. The Bertz CT molecular complexity index is 1800. The van der Waals surface area contributed by atoms with Crippen LogP contribution < -0.4 is 5.32 Å². The average Bonchev–Trinajstić information content (AvgIpc) is 3.52. The third-order valence-electron chi connectivity index (χ3n) is 6.37. The fourth-order valence-electron chi connectivity index (χ4n) is 4.71. The van der Waals surface area contributed by atoms with E-state index in [9.17, 15) is 4.39 Å². The summed E-state index contributed by atoms with van der Waals surface area (Å²) >= 11 is 0. The molecule has 38 heavy (non-hydrogen) atoms. The molecule has 0 unspecified atom stereocenters. The Labute approximate surface area is 218 Å². The Hall–Kier alpha value is -4.85. The molecule has 0 aliphatic carbocycles. The SMILES string of the molecule is C=C(CC(C)C)Nc1cncc(-c2ccc3[nH]nc(-c4cc5c(-c6ccccc6F)ccnc5[nH]4)c3n2)c1. The molecule has 0 bridgehead atoms. The van der Waals surface area contributed by atoms with Crippen LogP contribution in [0.3, 0.4) is 0 Å². The zero-order valence-corrected chi connectivity index (χ0v) is 21.1. The van der Waals surface area contributed by atoms with Crippen molar-refractivity contribution in [2.24, 2.45) is 5.92 Å². The van der Waals surface area contributed by atoms with Gasteiger partial charge < -0.3 is 10.3 Å². The van der Waals surface area contributed by atoms with E-state index < -0.39 is 0 Å². The van der Waals surface area contributed by atoms with E-state index in [0.717, 1.165) is 51.2 Å². The number of nitrogens with zero attached hydrogens (tertiary/aromatic N) is 4. The molecule has 6 rings (SSSR count). The molecule has 3 N–H and O–H groups in total. The van der Waals surface area contributed by atoms with Crippen molar-refractivity contribution in [2.75, 3.05) is 5.32 Å². The molecular formula is C30H26FN7. The van der Waals surface area contributed by atoms with Gasteiger partial charge in [-0.15, -0.1) is 0 Å². The number of aromatic nitrogens is 6. The van der Waals surface area contributed by atoms with Gasteiger partial charge in [-0.1, -0.05) is 38.6 Å². The van der Waals surface area contributed by atoms with Crippen LogP contribution in [0.25, 0.3) is 55.8 Å². The van der Waals surface area contributed by atoms with Gasteiger partial charge in [-0.25, -0.2) is 14.4 Å².